The lowest BCUT2D eigenvalue weighted by molar-refractivity contribution is 0.191. The molecule has 0 saturated carbocycles. The van der Waals surface area contributed by atoms with Crippen LogP contribution in [-0.2, 0) is 0 Å². The molecule has 1 aliphatic rings. The molecule has 3 rings (SSSR count). The van der Waals surface area contributed by atoms with Gasteiger partial charge in [-0.3, -0.25) is 0 Å². The molecule has 2 aromatic rings. The van der Waals surface area contributed by atoms with E-state index in [1.165, 1.54) is 0 Å². The number of urea groups is 1. The minimum Gasteiger partial charge on any atom is -0.494 e. The third-order valence-corrected chi connectivity index (χ3v) is 4.32. The third-order valence-electron chi connectivity index (χ3n) is 4.32. The van der Waals surface area contributed by atoms with Crippen LogP contribution in [0.1, 0.15) is 6.92 Å². The molecule has 1 fully saturated rings. The van der Waals surface area contributed by atoms with Gasteiger partial charge in [0.05, 0.1) is 13.2 Å². The summed E-state index contributed by atoms with van der Waals surface area (Å²) in [5.74, 6) is 2.54. The molecule has 0 unspecified atom stereocenters. The van der Waals surface area contributed by atoms with Gasteiger partial charge in [-0.15, -0.1) is 0 Å². The van der Waals surface area contributed by atoms with Crippen LogP contribution in [0.25, 0.3) is 0 Å². The largest absolute Gasteiger partial charge is 0.494 e. The predicted molar refractivity (Wildman–Crippen MR) is 105 cm³/mol. The van der Waals surface area contributed by atoms with Crippen LogP contribution in [0.2, 0.25) is 0 Å². The number of hydrogen-bond acceptors (Lipinski definition) is 5. The molecule has 1 aromatic heterocycles. The highest BCUT2D eigenvalue weighted by molar-refractivity contribution is 5.74. The molecular formula is C20H26N4O3. The summed E-state index contributed by atoms with van der Waals surface area (Å²) in [5.41, 5.74) is 0. The van der Waals surface area contributed by atoms with E-state index in [0.717, 1.165) is 30.4 Å². The molecule has 1 aromatic carbocycles. The van der Waals surface area contributed by atoms with E-state index in [2.05, 4.69) is 15.2 Å². The molecule has 2 heterocycles. The van der Waals surface area contributed by atoms with E-state index in [0.29, 0.717) is 32.8 Å². The zero-order valence-corrected chi connectivity index (χ0v) is 15.6. The first-order chi connectivity index (χ1) is 13.3. The Balaban J connectivity index is 1.34. The molecule has 0 bridgehead atoms. The number of ether oxygens (including phenoxy) is 2. The van der Waals surface area contributed by atoms with Crippen molar-refractivity contribution in [2.24, 2.45) is 0 Å². The molecule has 7 heteroatoms. The summed E-state index contributed by atoms with van der Waals surface area (Å²) in [5, 5.41) is 2.91. The quantitative estimate of drug-likeness (QED) is 0.758. The van der Waals surface area contributed by atoms with Gasteiger partial charge in [-0.2, -0.15) is 0 Å². The molecule has 0 aliphatic carbocycles. The van der Waals surface area contributed by atoms with E-state index in [1.807, 2.05) is 54.3 Å². The number of hydrogen-bond donors (Lipinski definition) is 1. The van der Waals surface area contributed by atoms with E-state index in [1.54, 1.807) is 6.20 Å². The molecule has 7 nitrogen and oxygen atoms in total. The van der Waals surface area contributed by atoms with Crippen LogP contribution < -0.4 is 19.7 Å². The van der Waals surface area contributed by atoms with Crippen molar-refractivity contribution in [3.05, 3.63) is 48.7 Å². The number of pyridine rings is 1. The van der Waals surface area contributed by atoms with Gasteiger partial charge < -0.3 is 24.6 Å². The summed E-state index contributed by atoms with van der Waals surface area (Å²) < 4.78 is 11.0. The number of rotatable bonds is 7. The van der Waals surface area contributed by atoms with Gasteiger partial charge in [-0.1, -0.05) is 6.07 Å². The lowest BCUT2D eigenvalue weighted by Gasteiger charge is -2.35. The Morgan fingerprint density at radius 2 is 1.74 bits per heavy atom. The predicted octanol–water partition coefficient (Wildman–Crippen LogP) is 2.39. The number of nitrogens with one attached hydrogen (secondary N) is 1. The Morgan fingerprint density at radius 1 is 1.04 bits per heavy atom. The van der Waals surface area contributed by atoms with Crippen LogP contribution in [0, 0.1) is 0 Å². The van der Waals surface area contributed by atoms with Crippen molar-refractivity contribution in [1.29, 1.82) is 0 Å². The van der Waals surface area contributed by atoms with Crippen molar-refractivity contribution < 1.29 is 14.3 Å². The molecule has 2 amide bonds. The number of carbonyl (C=O) groups is 1. The second-order valence-electron chi connectivity index (χ2n) is 6.15. The Hall–Kier alpha value is -2.96. The first-order valence-electron chi connectivity index (χ1n) is 9.30. The van der Waals surface area contributed by atoms with Crippen molar-refractivity contribution in [3.8, 4) is 11.5 Å². The molecule has 1 aliphatic heterocycles. The average molecular weight is 370 g/mol. The Labute approximate surface area is 159 Å². The zero-order chi connectivity index (χ0) is 18.9. The van der Waals surface area contributed by atoms with Crippen LogP contribution in [0.15, 0.2) is 48.7 Å². The summed E-state index contributed by atoms with van der Waals surface area (Å²) in [7, 11) is 0. The number of anilines is 1. The van der Waals surface area contributed by atoms with E-state index in [9.17, 15) is 4.79 Å². The molecular weight excluding hydrogens is 344 g/mol. The summed E-state index contributed by atoms with van der Waals surface area (Å²) >= 11 is 0. The van der Waals surface area contributed by atoms with Crippen molar-refractivity contribution in [2.75, 3.05) is 50.8 Å². The van der Waals surface area contributed by atoms with E-state index in [4.69, 9.17) is 9.47 Å². The van der Waals surface area contributed by atoms with Crippen molar-refractivity contribution in [3.63, 3.8) is 0 Å². The van der Waals surface area contributed by atoms with E-state index >= 15 is 0 Å². The van der Waals surface area contributed by atoms with Gasteiger partial charge >= 0.3 is 6.03 Å². The second-order valence-corrected chi connectivity index (χ2v) is 6.15. The number of carbonyl (C=O) groups excluding carboxylic acids is 1. The Bertz CT molecular complexity index is 701. The summed E-state index contributed by atoms with van der Waals surface area (Å²) in [6.07, 6.45) is 1.79. The maximum atomic E-state index is 12.3. The third kappa shape index (κ3) is 5.51. The molecule has 1 saturated heterocycles. The lowest BCUT2D eigenvalue weighted by Crippen LogP contribution is -2.52. The molecule has 0 atom stereocenters. The van der Waals surface area contributed by atoms with Gasteiger partial charge in [-0.25, -0.2) is 9.78 Å². The number of nitrogens with zero attached hydrogens (tertiary/aromatic N) is 3. The number of piperazine rings is 1. The van der Waals surface area contributed by atoms with Gasteiger partial charge in [0.25, 0.3) is 0 Å². The number of benzene rings is 1. The highest BCUT2D eigenvalue weighted by Crippen LogP contribution is 2.17. The topological polar surface area (TPSA) is 66.9 Å². The summed E-state index contributed by atoms with van der Waals surface area (Å²) in [6, 6.07) is 13.3. The van der Waals surface area contributed by atoms with Crippen LogP contribution in [0.3, 0.4) is 0 Å². The molecule has 1 N–H and O–H groups in total. The minimum absolute atomic E-state index is 0.0500. The van der Waals surface area contributed by atoms with Gasteiger partial charge in [0.15, 0.2) is 0 Å². The zero-order valence-electron chi connectivity index (χ0n) is 15.6. The first-order valence-corrected chi connectivity index (χ1v) is 9.30. The minimum atomic E-state index is -0.0500. The van der Waals surface area contributed by atoms with E-state index < -0.39 is 0 Å². The van der Waals surface area contributed by atoms with Crippen LogP contribution in [0.5, 0.6) is 11.5 Å². The van der Waals surface area contributed by atoms with Gasteiger partial charge in [0.1, 0.15) is 23.9 Å². The standard InChI is InChI=1S/C20H26N4O3/c1-2-26-17-6-8-18(9-7-17)27-16-11-22-20(25)24-14-12-23(13-15-24)19-5-3-4-10-21-19/h3-10H,2,11-16H2,1H3,(H,22,25). The highest BCUT2D eigenvalue weighted by Gasteiger charge is 2.21. The second kappa shape index (κ2) is 9.66. The number of aromatic nitrogens is 1. The van der Waals surface area contributed by atoms with Crippen LogP contribution in [0.4, 0.5) is 10.6 Å². The first kappa shape index (κ1) is 18.8. The van der Waals surface area contributed by atoms with E-state index in [-0.39, 0.29) is 6.03 Å². The van der Waals surface area contributed by atoms with Gasteiger partial charge in [0, 0.05) is 32.4 Å². The molecule has 27 heavy (non-hydrogen) atoms. The molecule has 144 valence electrons. The normalized spacial score (nSPS) is 14.0. The number of amides is 2. The van der Waals surface area contributed by atoms with Crippen molar-refractivity contribution in [1.82, 2.24) is 15.2 Å². The lowest BCUT2D eigenvalue weighted by atomic mass is 10.3. The fraction of sp³-hybridized carbons (Fsp3) is 0.400. The monoisotopic (exact) mass is 370 g/mol. The van der Waals surface area contributed by atoms with Gasteiger partial charge in [0.2, 0.25) is 0 Å². The van der Waals surface area contributed by atoms with Crippen LogP contribution in [-0.4, -0.2) is 61.9 Å². The summed E-state index contributed by atoms with van der Waals surface area (Å²) in [4.78, 5) is 20.7. The maximum Gasteiger partial charge on any atom is 0.317 e. The van der Waals surface area contributed by atoms with Gasteiger partial charge in [-0.05, 0) is 43.3 Å². The summed E-state index contributed by atoms with van der Waals surface area (Å²) in [6.45, 7) is 6.42. The van der Waals surface area contributed by atoms with Crippen molar-refractivity contribution >= 4 is 11.8 Å². The Kier molecular flexibility index (Phi) is 6.73. The highest BCUT2D eigenvalue weighted by atomic mass is 16.5. The SMILES string of the molecule is CCOc1ccc(OCCNC(=O)N2CCN(c3ccccn3)CC2)cc1. The fourth-order valence-electron chi connectivity index (χ4n) is 2.92. The fourth-order valence-corrected chi connectivity index (χ4v) is 2.92. The maximum absolute atomic E-state index is 12.3. The molecule has 0 radical (unpaired) electrons. The van der Waals surface area contributed by atoms with Crippen LogP contribution >= 0.6 is 0 Å². The van der Waals surface area contributed by atoms with Crippen molar-refractivity contribution in [2.45, 2.75) is 6.92 Å². The molecule has 0 spiro atoms. The average Bonchev–Trinajstić information content (AvgIpc) is 2.73. The smallest absolute Gasteiger partial charge is 0.317 e. The Morgan fingerprint density at radius 3 is 2.37 bits per heavy atom.